The molecule has 0 saturated carbocycles. The maximum absolute atomic E-state index is 11.7. The van der Waals surface area contributed by atoms with Crippen molar-refractivity contribution in [3.05, 3.63) is 28.8 Å². The van der Waals surface area contributed by atoms with Gasteiger partial charge in [0, 0.05) is 5.69 Å². The Morgan fingerprint density at radius 3 is 2.05 bits per heavy atom. The normalized spacial score (nSPS) is 11.2. The molecule has 1 N–H and O–H groups in total. The molecular formula is C13H16NO5S-. The summed E-state index contributed by atoms with van der Waals surface area (Å²) in [5.74, 6) is -4.53. The second kappa shape index (κ2) is 6.04. The van der Waals surface area contributed by atoms with Gasteiger partial charge in [0.05, 0.1) is 11.7 Å². The van der Waals surface area contributed by atoms with Crippen molar-refractivity contribution in [2.75, 3.05) is 16.8 Å². The molecule has 0 heterocycles. The van der Waals surface area contributed by atoms with Crippen molar-refractivity contribution in [1.82, 2.24) is 0 Å². The number of carboxylic acid groups (broad SMARTS) is 1. The van der Waals surface area contributed by atoms with Gasteiger partial charge in [-0.3, -0.25) is 4.79 Å². The molecule has 0 aliphatic carbocycles. The molecule has 0 radical (unpaired) electrons. The molecule has 1 amide bonds. The molecule has 0 atom stereocenters. The number of nitrogens with one attached hydrogen (secondary N) is 1. The molecule has 0 aliphatic heterocycles. The zero-order valence-corrected chi connectivity index (χ0v) is 12.3. The average Bonchev–Trinajstić information content (AvgIpc) is 2.20. The van der Waals surface area contributed by atoms with Crippen LogP contribution in [0.15, 0.2) is 12.1 Å². The average molecular weight is 298 g/mol. The Labute approximate surface area is 117 Å². The number of benzene rings is 1. The van der Waals surface area contributed by atoms with Gasteiger partial charge in [0.15, 0.2) is 9.84 Å². The van der Waals surface area contributed by atoms with E-state index in [0.717, 1.165) is 16.7 Å². The highest BCUT2D eigenvalue weighted by atomic mass is 32.2. The highest BCUT2D eigenvalue weighted by Gasteiger charge is 2.18. The fourth-order valence-corrected chi connectivity index (χ4v) is 2.92. The van der Waals surface area contributed by atoms with Crippen molar-refractivity contribution in [2.24, 2.45) is 0 Å². The number of anilines is 1. The molecule has 7 heteroatoms. The smallest absolute Gasteiger partial charge is 0.239 e. The van der Waals surface area contributed by atoms with Crippen LogP contribution in [-0.4, -0.2) is 31.8 Å². The summed E-state index contributed by atoms with van der Waals surface area (Å²) in [5, 5.41) is 12.8. The Morgan fingerprint density at radius 2 is 1.60 bits per heavy atom. The number of carboxylic acids is 1. The third kappa shape index (κ3) is 4.65. The fourth-order valence-electron chi connectivity index (χ4n) is 1.98. The van der Waals surface area contributed by atoms with Crippen LogP contribution in [-0.2, 0) is 19.4 Å². The number of aliphatic carboxylic acids is 1. The highest BCUT2D eigenvalue weighted by molar-refractivity contribution is 7.92. The van der Waals surface area contributed by atoms with Crippen molar-refractivity contribution in [1.29, 1.82) is 0 Å². The van der Waals surface area contributed by atoms with Crippen LogP contribution in [0.25, 0.3) is 0 Å². The van der Waals surface area contributed by atoms with Crippen LogP contribution in [0.5, 0.6) is 0 Å². The lowest BCUT2D eigenvalue weighted by molar-refractivity contribution is -0.301. The van der Waals surface area contributed by atoms with E-state index in [1.165, 1.54) is 0 Å². The van der Waals surface area contributed by atoms with Crippen LogP contribution in [0.1, 0.15) is 16.7 Å². The first-order valence-electron chi connectivity index (χ1n) is 5.88. The molecular weight excluding hydrogens is 282 g/mol. The summed E-state index contributed by atoms with van der Waals surface area (Å²) in [5.41, 5.74) is 3.20. The Balaban J connectivity index is 2.85. The largest absolute Gasteiger partial charge is 0.549 e. The number of carbonyl (C=O) groups is 2. The summed E-state index contributed by atoms with van der Waals surface area (Å²) in [6, 6.07) is 3.72. The molecule has 0 spiro atoms. The number of rotatable bonds is 5. The minimum Gasteiger partial charge on any atom is -0.549 e. The third-order valence-electron chi connectivity index (χ3n) is 2.63. The first-order valence-corrected chi connectivity index (χ1v) is 7.71. The molecule has 1 rings (SSSR count). The molecule has 6 nitrogen and oxygen atoms in total. The van der Waals surface area contributed by atoms with E-state index < -0.39 is 33.2 Å². The minimum absolute atomic E-state index is 0.546. The molecule has 0 aromatic heterocycles. The van der Waals surface area contributed by atoms with Gasteiger partial charge in [-0.2, -0.15) is 0 Å². The number of carbonyl (C=O) groups excluding carboxylic acids is 2. The van der Waals surface area contributed by atoms with E-state index >= 15 is 0 Å². The Hall–Kier alpha value is -1.89. The number of sulfone groups is 1. The predicted octanol–water partition coefficient (Wildman–Crippen LogP) is -0.285. The second-order valence-corrected chi connectivity index (χ2v) is 6.79. The molecule has 0 saturated heterocycles. The van der Waals surface area contributed by atoms with Crippen molar-refractivity contribution in [2.45, 2.75) is 20.8 Å². The van der Waals surface area contributed by atoms with Gasteiger partial charge in [0.25, 0.3) is 0 Å². The van der Waals surface area contributed by atoms with Crippen LogP contribution >= 0.6 is 0 Å². The van der Waals surface area contributed by atoms with Crippen LogP contribution in [0, 0.1) is 20.8 Å². The van der Waals surface area contributed by atoms with E-state index in [1.54, 1.807) is 13.8 Å². The summed E-state index contributed by atoms with van der Waals surface area (Å²) in [7, 11) is -4.01. The SMILES string of the molecule is Cc1cc(C)c(NC(=O)CS(=O)(=O)CC(=O)[O-])c(C)c1. The molecule has 0 bridgehead atoms. The topological polar surface area (TPSA) is 103 Å². The van der Waals surface area contributed by atoms with Crippen LogP contribution in [0.4, 0.5) is 5.69 Å². The molecule has 0 aliphatic rings. The van der Waals surface area contributed by atoms with Crippen LogP contribution in [0.2, 0.25) is 0 Å². The quantitative estimate of drug-likeness (QED) is 0.805. The Bertz CT molecular complexity index is 626. The second-order valence-electron chi connectivity index (χ2n) is 4.73. The first kappa shape index (κ1) is 16.2. The zero-order valence-electron chi connectivity index (χ0n) is 11.5. The van der Waals surface area contributed by atoms with Crippen molar-refractivity contribution in [3.63, 3.8) is 0 Å². The summed E-state index contributed by atoms with van der Waals surface area (Å²) in [6.45, 7) is 5.51. The number of aryl methyl sites for hydroxylation is 3. The summed E-state index contributed by atoms with van der Waals surface area (Å²) in [6.07, 6.45) is 0. The first-order chi connectivity index (χ1) is 9.10. The Kier molecular flexibility index (Phi) is 4.88. The lowest BCUT2D eigenvalue weighted by atomic mass is 10.1. The highest BCUT2D eigenvalue weighted by Crippen LogP contribution is 2.21. The van der Waals surface area contributed by atoms with Crippen molar-refractivity contribution in [3.8, 4) is 0 Å². The lowest BCUT2D eigenvalue weighted by Gasteiger charge is -2.13. The lowest BCUT2D eigenvalue weighted by Crippen LogP contribution is -2.34. The van der Waals surface area contributed by atoms with E-state index in [0.29, 0.717) is 5.69 Å². The van der Waals surface area contributed by atoms with Gasteiger partial charge in [0.2, 0.25) is 5.91 Å². The molecule has 1 aromatic carbocycles. The number of amides is 1. The number of hydrogen-bond donors (Lipinski definition) is 1. The fraction of sp³-hybridized carbons (Fsp3) is 0.385. The van der Waals surface area contributed by atoms with E-state index in [1.807, 2.05) is 19.1 Å². The van der Waals surface area contributed by atoms with Gasteiger partial charge >= 0.3 is 0 Å². The van der Waals surface area contributed by atoms with Gasteiger partial charge in [-0.1, -0.05) is 17.7 Å². The van der Waals surface area contributed by atoms with Gasteiger partial charge in [-0.15, -0.1) is 0 Å². The Morgan fingerprint density at radius 1 is 1.10 bits per heavy atom. The van der Waals surface area contributed by atoms with Crippen molar-refractivity contribution >= 4 is 27.4 Å². The van der Waals surface area contributed by atoms with Crippen molar-refractivity contribution < 1.29 is 23.1 Å². The maximum atomic E-state index is 11.7. The monoisotopic (exact) mass is 298 g/mol. The zero-order chi connectivity index (χ0) is 15.5. The molecule has 20 heavy (non-hydrogen) atoms. The summed E-state index contributed by atoms with van der Waals surface area (Å²) in [4.78, 5) is 22.0. The molecule has 110 valence electrons. The van der Waals surface area contributed by atoms with Gasteiger partial charge in [-0.25, -0.2) is 8.42 Å². The molecule has 0 fully saturated rings. The van der Waals surface area contributed by atoms with Gasteiger partial charge in [-0.05, 0) is 31.9 Å². The van der Waals surface area contributed by atoms with Gasteiger partial charge < -0.3 is 15.2 Å². The van der Waals surface area contributed by atoms with Gasteiger partial charge in [0.1, 0.15) is 5.75 Å². The van der Waals surface area contributed by atoms with E-state index in [2.05, 4.69) is 5.32 Å². The van der Waals surface area contributed by atoms with Crippen LogP contribution in [0.3, 0.4) is 0 Å². The maximum Gasteiger partial charge on any atom is 0.239 e. The predicted molar refractivity (Wildman–Crippen MR) is 72.9 cm³/mol. The van der Waals surface area contributed by atoms with E-state index in [9.17, 15) is 23.1 Å². The number of hydrogen-bond acceptors (Lipinski definition) is 5. The molecule has 1 aromatic rings. The van der Waals surface area contributed by atoms with Crippen LogP contribution < -0.4 is 10.4 Å². The molecule has 0 unspecified atom stereocenters. The van der Waals surface area contributed by atoms with E-state index in [4.69, 9.17) is 0 Å². The van der Waals surface area contributed by atoms with E-state index in [-0.39, 0.29) is 0 Å². The minimum atomic E-state index is -4.01. The summed E-state index contributed by atoms with van der Waals surface area (Å²) >= 11 is 0. The summed E-state index contributed by atoms with van der Waals surface area (Å²) < 4.78 is 22.8. The third-order valence-corrected chi connectivity index (χ3v) is 4.01. The standard InChI is InChI=1S/C13H17NO5S/c1-8-4-9(2)13(10(3)5-8)14-11(15)6-20(18,19)7-12(16)17/h4-5H,6-7H2,1-3H3,(H,14,15)(H,16,17)/p-1.